The SMILES string of the molecule is CN=C(NCC(C)(C)N1CCCCC1)NC1CCc2nc(COC)nn2C1. The Hall–Kier alpha value is -1.67. The minimum Gasteiger partial charge on any atom is -0.377 e. The van der Waals surface area contributed by atoms with Crippen molar-refractivity contribution >= 4 is 5.96 Å². The first-order chi connectivity index (χ1) is 13.0. The third-order valence-electron chi connectivity index (χ3n) is 5.64. The summed E-state index contributed by atoms with van der Waals surface area (Å²) in [5.41, 5.74) is 0.124. The predicted octanol–water partition coefficient (Wildman–Crippen LogP) is 1.17. The standard InChI is InChI=1S/C19H35N7O/c1-19(2,25-10-6-5-7-11-25)14-21-18(20-3)22-15-8-9-17-23-16(13-27-4)24-26(17)12-15/h15H,5-14H2,1-4H3,(H2,20,21,22). The molecule has 1 saturated heterocycles. The summed E-state index contributed by atoms with van der Waals surface area (Å²) in [6, 6.07) is 0.305. The lowest BCUT2D eigenvalue weighted by molar-refractivity contribution is 0.0981. The van der Waals surface area contributed by atoms with Crippen LogP contribution in [0.15, 0.2) is 4.99 Å². The van der Waals surface area contributed by atoms with Crippen LogP contribution in [0.2, 0.25) is 0 Å². The molecule has 1 aromatic heterocycles. The van der Waals surface area contributed by atoms with Crippen molar-refractivity contribution in [1.29, 1.82) is 0 Å². The Morgan fingerprint density at radius 3 is 2.78 bits per heavy atom. The van der Waals surface area contributed by atoms with Gasteiger partial charge in [0.1, 0.15) is 12.4 Å². The monoisotopic (exact) mass is 377 g/mol. The van der Waals surface area contributed by atoms with E-state index in [0.29, 0.717) is 12.6 Å². The quantitative estimate of drug-likeness (QED) is 0.572. The van der Waals surface area contributed by atoms with Crippen LogP contribution in [0.5, 0.6) is 0 Å². The van der Waals surface area contributed by atoms with Gasteiger partial charge in [-0.05, 0) is 46.2 Å². The second-order valence-electron chi connectivity index (χ2n) is 8.23. The maximum Gasteiger partial charge on any atom is 0.191 e. The number of guanidine groups is 1. The first-order valence-corrected chi connectivity index (χ1v) is 10.2. The van der Waals surface area contributed by atoms with Crippen LogP contribution >= 0.6 is 0 Å². The van der Waals surface area contributed by atoms with Crippen LogP contribution < -0.4 is 10.6 Å². The zero-order valence-corrected chi connectivity index (χ0v) is 17.3. The molecule has 152 valence electrons. The highest BCUT2D eigenvalue weighted by Crippen LogP contribution is 2.20. The Kier molecular flexibility index (Phi) is 6.70. The lowest BCUT2D eigenvalue weighted by atomic mass is 9.98. The molecule has 2 aliphatic rings. The van der Waals surface area contributed by atoms with Gasteiger partial charge in [0.25, 0.3) is 0 Å². The first-order valence-electron chi connectivity index (χ1n) is 10.2. The number of aryl methyl sites for hydroxylation is 1. The fourth-order valence-electron chi connectivity index (χ4n) is 3.97. The molecular weight excluding hydrogens is 342 g/mol. The number of nitrogens with one attached hydrogen (secondary N) is 2. The molecule has 0 spiro atoms. The Morgan fingerprint density at radius 1 is 1.30 bits per heavy atom. The molecule has 1 fully saturated rings. The number of ether oxygens (including phenoxy) is 1. The highest BCUT2D eigenvalue weighted by Gasteiger charge is 2.28. The van der Waals surface area contributed by atoms with Gasteiger partial charge in [-0.3, -0.25) is 9.89 Å². The molecule has 1 aromatic rings. The zero-order valence-electron chi connectivity index (χ0n) is 17.3. The number of nitrogens with zero attached hydrogens (tertiary/aromatic N) is 5. The highest BCUT2D eigenvalue weighted by molar-refractivity contribution is 5.80. The van der Waals surface area contributed by atoms with Gasteiger partial charge in [0.2, 0.25) is 0 Å². The molecule has 3 heterocycles. The molecule has 27 heavy (non-hydrogen) atoms. The minimum absolute atomic E-state index is 0.124. The van der Waals surface area contributed by atoms with Crippen LogP contribution in [0.3, 0.4) is 0 Å². The fourth-order valence-corrected chi connectivity index (χ4v) is 3.97. The Bertz CT molecular complexity index is 634. The molecule has 0 radical (unpaired) electrons. The highest BCUT2D eigenvalue weighted by atomic mass is 16.5. The topological polar surface area (TPSA) is 79.6 Å². The molecule has 0 amide bonds. The lowest BCUT2D eigenvalue weighted by Crippen LogP contribution is -2.56. The number of aromatic nitrogens is 3. The summed E-state index contributed by atoms with van der Waals surface area (Å²) in [6.45, 7) is 9.18. The van der Waals surface area contributed by atoms with Crippen LogP contribution in [0.4, 0.5) is 0 Å². The van der Waals surface area contributed by atoms with Crippen molar-refractivity contribution in [3.8, 4) is 0 Å². The number of hydrogen-bond donors (Lipinski definition) is 2. The van der Waals surface area contributed by atoms with E-state index < -0.39 is 0 Å². The van der Waals surface area contributed by atoms with Crippen molar-refractivity contribution in [2.75, 3.05) is 33.8 Å². The van der Waals surface area contributed by atoms with Crippen LogP contribution in [-0.4, -0.2) is 71.0 Å². The van der Waals surface area contributed by atoms with Crippen molar-refractivity contribution in [2.45, 2.75) is 70.7 Å². The molecule has 1 atom stereocenters. The smallest absolute Gasteiger partial charge is 0.191 e. The lowest BCUT2D eigenvalue weighted by Gasteiger charge is -2.41. The summed E-state index contributed by atoms with van der Waals surface area (Å²) in [6.07, 6.45) is 5.93. The summed E-state index contributed by atoms with van der Waals surface area (Å²) < 4.78 is 7.14. The maximum atomic E-state index is 5.14. The second kappa shape index (κ2) is 9.01. The Balaban J connectivity index is 1.51. The molecular formula is C19H35N7O. The summed E-state index contributed by atoms with van der Waals surface area (Å²) in [5.74, 6) is 2.68. The number of methoxy groups -OCH3 is 1. The molecule has 0 saturated carbocycles. The Morgan fingerprint density at radius 2 is 2.07 bits per heavy atom. The molecule has 0 aliphatic carbocycles. The van der Waals surface area contributed by atoms with Crippen molar-refractivity contribution < 1.29 is 4.74 Å². The van der Waals surface area contributed by atoms with Crippen LogP contribution in [0, 0.1) is 0 Å². The predicted molar refractivity (Wildman–Crippen MR) is 107 cm³/mol. The molecule has 1 unspecified atom stereocenters. The van der Waals surface area contributed by atoms with Crippen LogP contribution in [0.25, 0.3) is 0 Å². The minimum atomic E-state index is 0.124. The van der Waals surface area contributed by atoms with Gasteiger partial charge >= 0.3 is 0 Å². The summed E-state index contributed by atoms with van der Waals surface area (Å²) in [5, 5.41) is 11.6. The number of rotatable bonds is 6. The van der Waals surface area contributed by atoms with Gasteiger partial charge in [-0.25, -0.2) is 9.67 Å². The van der Waals surface area contributed by atoms with E-state index in [1.54, 1.807) is 7.11 Å². The van der Waals surface area contributed by atoms with E-state index in [4.69, 9.17) is 4.74 Å². The van der Waals surface area contributed by atoms with Crippen molar-refractivity contribution in [1.82, 2.24) is 30.3 Å². The zero-order chi connectivity index (χ0) is 19.3. The van der Waals surface area contributed by atoms with E-state index in [1.165, 1.54) is 32.4 Å². The molecule has 0 bridgehead atoms. The second-order valence-corrected chi connectivity index (χ2v) is 8.23. The molecule has 0 aromatic carbocycles. The largest absolute Gasteiger partial charge is 0.377 e. The van der Waals surface area contributed by atoms with E-state index in [2.05, 4.69) is 44.5 Å². The summed E-state index contributed by atoms with van der Waals surface area (Å²) in [7, 11) is 3.51. The molecule has 2 N–H and O–H groups in total. The Labute approximate surface area is 162 Å². The van der Waals surface area contributed by atoms with Crippen LogP contribution in [-0.2, 0) is 24.3 Å². The summed E-state index contributed by atoms with van der Waals surface area (Å²) >= 11 is 0. The van der Waals surface area contributed by atoms with Crippen LogP contribution in [0.1, 0.15) is 51.2 Å². The average molecular weight is 378 g/mol. The third kappa shape index (κ3) is 5.19. The van der Waals surface area contributed by atoms with E-state index in [9.17, 15) is 0 Å². The number of fused-ring (bicyclic) bond motifs is 1. The number of likely N-dealkylation sites (tertiary alicyclic amines) is 1. The van der Waals surface area contributed by atoms with Gasteiger partial charge < -0.3 is 15.4 Å². The first kappa shape index (κ1) is 20.1. The maximum absolute atomic E-state index is 5.14. The third-order valence-corrected chi connectivity index (χ3v) is 5.64. The number of hydrogen-bond acceptors (Lipinski definition) is 5. The van der Waals surface area contributed by atoms with Crippen molar-refractivity contribution in [3.05, 3.63) is 11.6 Å². The fraction of sp³-hybridized carbons (Fsp3) is 0.842. The molecule has 3 rings (SSSR count). The summed E-state index contributed by atoms with van der Waals surface area (Å²) in [4.78, 5) is 11.6. The van der Waals surface area contributed by atoms with E-state index in [1.807, 2.05) is 11.7 Å². The van der Waals surface area contributed by atoms with Gasteiger partial charge in [-0.15, -0.1) is 0 Å². The van der Waals surface area contributed by atoms with Gasteiger partial charge in [0.05, 0.1) is 6.54 Å². The van der Waals surface area contributed by atoms with Gasteiger partial charge in [0, 0.05) is 38.7 Å². The van der Waals surface area contributed by atoms with Gasteiger partial charge in [-0.2, -0.15) is 5.10 Å². The average Bonchev–Trinajstić information content (AvgIpc) is 3.07. The molecule has 8 heteroatoms. The van der Waals surface area contributed by atoms with E-state index in [-0.39, 0.29) is 5.54 Å². The molecule has 2 aliphatic heterocycles. The normalized spacial score (nSPS) is 21.8. The van der Waals surface area contributed by atoms with Gasteiger partial charge in [0.15, 0.2) is 11.8 Å². The van der Waals surface area contributed by atoms with Crippen molar-refractivity contribution in [3.63, 3.8) is 0 Å². The molecule has 8 nitrogen and oxygen atoms in total. The number of aliphatic imine (C=N–C) groups is 1. The van der Waals surface area contributed by atoms with Gasteiger partial charge in [-0.1, -0.05) is 6.42 Å². The van der Waals surface area contributed by atoms with E-state index >= 15 is 0 Å². The van der Waals surface area contributed by atoms with E-state index in [0.717, 1.165) is 43.5 Å². The number of piperidine rings is 1. The van der Waals surface area contributed by atoms with Crippen molar-refractivity contribution in [2.24, 2.45) is 4.99 Å².